The Morgan fingerprint density at radius 1 is 1.21 bits per heavy atom. The number of nitrogens with zero attached hydrogens (tertiary/aromatic N) is 5. The molecule has 0 bridgehead atoms. The van der Waals surface area contributed by atoms with Gasteiger partial charge in [-0.1, -0.05) is 6.07 Å². The molecule has 3 aliphatic rings. The van der Waals surface area contributed by atoms with Crippen molar-refractivity contribution in [3.8, 4) is 0 Å². The summed E-state index contributed by atoms with van der Waals surface area (Å²) in [6.07, 6.45) is 4.64. The fraction of sp³-hybridized carbons (Fsp3) is 0.583. The highest BCUT2D eigenvalue weighted by molar-refractivity contribution is 5.63. The summed E-state index contributed by atoms with van der Waals surface area (Å²) in [5.41, 5.74) is 8.78. The van der Waals surface area contributed by atoms with E-state index in [4.69, 9.17) is 0 Å². The third-order valence-electron chi connectivity index (χ3n) is 7.36. The quantitative estimate of drug-likeness (QED) is 0.615. The van der Waals surface area contributed by atoms with Crippen molar-refractivity contribution in [1.29, 1.82) is 0 Å². The van der Waals surface area contributed by atoms with Crippen molar-refractivity contribution in [2.75, 3.05) is 61.4 Å². The summed E-state index contributed by atoms with van der Waals surface area (Å²) in [5, 5.41) is 3.31. The zero-order valence-electron chi connectivity index (χ0n) is 19.6. The first-order valence-electron chi connectivity index (χ1n) is 12.2. The molecule has 33 heavy (non-hydrogen) atoms. The van der Waals surface area contributed by atoms with E-state index < -0.39 is 0 Å². The smallest absolute Gasteiger partial charge is 0.229 e. The van der Waals surface area contributed by atoms with Gasteiger partial charge in [-0.2, -0.15) is 4.98 Å². The number of hydrazine groups is 1. The van der Waals surface area contributed by atoms with Gasteiger partial charge in [-0.25, -0.2) is 9.37 Å². The van der Waals surface area contributed by atoms with Crippen LogP contribution in [0.25, 0.3) is 0 Å². The minimum absolute atomic E-state index is 0.258. The van der Waals surface area contributed by atoms with Crippen molar-refractivity contribution < 1.29 is 4.39 Å². The maximum Gasteiger partial charge on any atom is 0.229 e. The van der Waals surface area contributed by atoms with E-state index in [0.717, 1.165) is 57.7 Å². The monoisotopic (exact) mass is 454 g/mol. The standard InChI is InChI=1S/C24H35FN8/c1-3-33(22-9-5-8-21-19(22)15-27-30-21)23-20(25)16-26-24(29-23)28-17-6-4-7-18(14-17)32-12-10-31(2)11-13-32/h4,6-7,14,16,19,21-22,27,30H,3,5,8-13,15H2,1-2H3,(H,26,28,29). The summed E-state index contributed by atoms with van der Waals surface area (Å²) in [5.74, 6) is 0.901. The normalized spacial score (nSPS) is 25.7. The number of aromatic nitrogens is 2. The van der Waals surface area contributed by atoms with E-state index in [1.54, 1.807) is 0 Å². The Bertz CT molecular complexity index is 948. The number of piperazine rings is 1. The van der Waals surface area contributed by atoms with Gasteiger partial charge in [0.15, 0.2) is 11.6 Å². The lowest BCUT2D eigenvalue weighted by molar-refractivity contribution is 0.278. The fourth-order valence-electron chi connectivity index (χ4n) is 5.53. The molecular weight excluding hydrogens is 419 g/mol. The molecule has 3 atom stereocenters. The minimum atomic E-state index is -0.366. The van der Waals surface area contributed by atoms with E-state index in [9.17, 15) is 4.39 Å². The molecule has 3 heterocycles. The molecule has 0 spiro atoms. The molecule has 1 aliphatic carbocycles. The maximum absolute atomic E-state index is 14.9. The molecule has 3 N–H and O–H groups in total. The van der Waals surface area contributed by atoms with E-state index in [1.165, 1.54) is 11.9 Å². The molecule has 2 saturated heterocycles. The summed E-state index contributed by atoms with van der Waals surface area (Å²) in [7, 11) is 2.16. The molecule has 9 heteroatoms. The lowest BCUT2D eigenvalue weighted by Crippen LogP contribution is -2.49. The summed E-state index contributed by atoms with van der Waals surface area (Å²) in [6, 6.07) is 9.00. The lowest BCUT2D eigenvalue weighted by atomic mass is 9.81. The second-order valence-electron chi connectivity index (χ2n) is 9.41. The van der Waals surface area contributed by atoms with Gasteiger partial charge >= 0.3 is 0 Å². The van der Waals surface area contributed by atoms with E-state index in [2.05, 4.69) is 66.9 Å². The molecule has 1 aromatic carbocycles. The lowest BCUT2D eigenvalue weighted by Gasteiger charge is -2.41. The molecule has 2 aliphatic heterocycles. The number of rotatable bonds is 6. The summed E-state index contributed by atoms with van der Waals surface area (Å²) in [6.45, 7) is 7.83. The van der Waals surface area contributed by atoms with E-state index in [0.29, 0.717) is 30.3 Å². The van der Waals surface area contributed by atoms with Crippen molar-refractivity contribution in [2.45, 2.75) is 38.3 Å². The number of halogens is 1. The van der Waals surface area contributed by atoms with Gasteiger partial charge in [0, 0.05) is 68.6 Å². The number of likely N-dealkylation sites (N-methyl/N-ethyl adjacent to an activating group) is 1. The Labute approximate surface area is 195 Å². The van der Waals surface area contributed by atoms with Crippen LogP contribution >= 0.6 is 0 Å². The van der Waals surface area contributed by atoms with Crippen molar-refractivity contribution in [1.82, 2.24) is 25.7 Å². The number of anilines is 4. The number of hydrogen-bond donors (Lipinski definition) is 3. The Morgan fingerprint density at radius 3 is 2.88 bits per heavy atom. The molecule has 178 valence electrons. The second kappa shape index (κ2) is 9.79. The van der Waals surface area contributed by atoms with Crippen LogP contribution in [0.5, 0.6) is 0 Å². The molecular formula is C24H35FN8. The summed E-state index contributed by atoms with van der Waals surface area (Å²) >= 11 is 0. The first kappa shape index (κ1) is 22.3. The molecule has 3 fully saturated rings. The van der Waals surface area contributed by atoms with Gasteiger partial charge in [0.05, 0.1) is 6.20 Å². The second-order valence-corrected chi connectivity index (χ2v) is 9.41. The van der Waals surface area contributed by atoms with E-state index >= 15 is 0 Å². The van der Waals surface area contributed by atoms with Gasteiger partial charge in [0.25, 0.3) is 0 Å². The third kappa shape index (κ3) is 4.76. The fourth-order valence-corrected chi connectivity index (χ4v) is 5.53. The maximum atomic E-state index is 14.9. The van der Waals surface area contributed by atoms with Gasteiger partial charge in [0.2, 0.25) is 5.95 Å². The molecule has 5 rings (SSSR count). The number of fused-ring (bicyclic) bond motifs is 1. The first-order chi connectivity index (χ1) is 16.1. The number of nitrogens with one attached hydrogen (secondary N) is 3. The van der Waals surface area contributed by atoms with Crippen LogP contribution in [0, 0.1) is 11.7 Å². The van der Waals surface area contributed by atoms with Crippen molar-refractivity contribution in [2.24, 2.45) is 5.92 Å². The van der Waals surface area contributed by atoms with Crippen LogP contribution in [0.3, 0.4) is 0 Å². The topological polar surface area (TPSA) is 71.6 Å². The highest BCUT2D eigenvalue weighted by Gasteiger charge is 2.40. The Hall–Kier alpha value is -2.49. The van der Waals surface area contributed by atoms with Gasteiger partial charge in [-0.15, -0.1) is 0 Å². The van der Waals surface area contributed by atoms with Crippen molar-refractivity contribution >= 4 is 23.1 Å². The Morgan fingerprint density at radius 2 is 2.06 bits per heavy atom. The van der Waals surface area contributed by atoms with Gasteiger partial charge in [0.1, 0.15) is 0 Å². The van der Waals surface area contributed by atoms with Crippen molar-refractivity contribution in [3.63, 3.8) is 0 Å². The first-order valence-corrected chi connectivity index (χ1v) is 12.2. The van der Waals surface area contributed by atoms with Crippen LogP contribution in [0.4, 0.5) is 27.5 Å². The van der Waals surface area contributed by atoms with E-state index in [1.807, 2.05) is 12.1 Å². The average molecular weight is 455 g/mol. The Kier molecular flexibility index (Phi) is 6.62. The zero-order valence-corrected chi connectivity index (χ0v) is 19.6. The predicted molar refractivity (Wildman–Crippen MR) is 131 cm³/mol. The number of benzene rings is 1. The van der Waals surface area contributed by atoms with Crippen LogP contribution in [0.2, 0.25) is 0 Å². The zero-order chi connectivity index (χ0) is 22.8. The third-order valence-corrected chi connectivity index (χ3v) is 7.36. The predicted octanol–water partition coefficient (Wildman–Crippen LogP) is 2.58. The summed E-state index contributed by atoms with van der Waals surface area (Å²) < 4.78 is 14.9. The van der Waals surface area contributed by atoms with Crippen LogP contribution in [0.1, 0.15) is 26.2 Å². The highest BCUT2D eigenvalue weighted by atomic mass is 19.1. The SMILES string of the molecule is CCN(c1nc(Nc2cccc(N3CCN(C)CC3)c2)ncc1F)C1CCCC2NNCC21. The number of hydrogen-bond acceptors (Lipinski definition) is 8. The van der Waals surface area contributed by atoms with Gasteiger partial charge in [-0.05, 0) is 51.4 Å². The molecule has 0 radical (unpaired) electrons. The minimum Gasteiger partial charge on any atom is -0.369 e. The van der Waals surface area contributed by atoms with Crippen molar-refractivity contribution in [3.05, 3.63) is 36.3 Å². The largest absolute Gasteiger partial charge is 0.369 e. The van der Waals surface area contributed by atoms with Crippen LogP contribution in [-0.4, -0.2) is 73.3 Å². The average Bonchev–Trinajstić information content (AvgIpc) is 3.32. The molecule has 2 aromatic rings. The summed E-state index contributed by atoms with van der Waals surface area (Å²) in [4.78, 5) is 15.8. The molecule has 0 amide bonds. The molecule has 1 saturated carbocycles. The van der Waals surface area contributed by atoms with Gasteiger partial charge in [-0.3, -0.25) is 10.9 Å². The molecule has 1 aromatic heterocycles. The van der Waals surface area contributed by atoms with Crippen LogP contribution < -0.4 is 26.0 Å². The van der Waals surface area contributed by atoms with Crippen LogP contribution in [0.15, 0.2) is 30.5 Å². The molecule has 8 nitrogen and oxygen atoms in total. The van der Waals surface area contributed by atoms with E-state index in [-0.39, 0.29) is 11.9 Å². The Balaban J connectivity index is 1.35. The molecule has 3 unspecified atom stereocenters. The highest BCUT2D eigenvalue weighted by Crippen LogP contribution is 2.34. The van der Waals surface area contributed by atoms with Crippen LogP contribution in [-0.2, 0) is 0 Å². The van der Waals surface area contributed by atoms with Gasteiger partial charge < -0.3 is 20.0 Å².